The predicted molar refractivity (Wildman–Crippen MR) is 99.8 cm³/mol. The molecule has 2 aromatic rings. The number of benzene rings is 2. The zero-order valence-electron chi connectivity index (χ0n) is 16.0. The lowest BCUT2D eigenvalue weighted by atomic mass is 10.0. The van der Waals surface area contributed by atoms with Crippen LogP contribution in [-0.4, -0.2) is 24.3 Å². The van der Waals surface area contributed by atoms with Crippen molar-refractivity contribution < 1.29 is 32.2 Å². The Labute approximate surface area is 166 Å². The molecule has 1 unspecified atom stereocenters. The Morgan fingerprint density at radius 1 is 1.00 bits per heavy atom. The van der Waals surface area contributed by atoms with Crippen molar-refractivity contribution in [2.24, 2.45) is 5.92 Å². The molecule has 2 aromatic carbocycles. The third-order valence-electron chi connectivity index (χ3n) is 3.96. The maximum atomic E-state index is 12.4. The summed E-state index contributed by atoms with van der Waals surface area (Å²) in [6, 6.07) is 13.4. The summed E-state index contributed by atoms with van der Waals surface area (Å²) >= 11 is 0. The first-order valence-corrected chi connectivity index (χ1v) is 8.98. The number of halogens is 3. The van der Waals surface area contributed by atoms with Crippen LogP contribution in [0.2, 0.25) is 0 Å². The van der Waals surface area contributed by atoms with Crippen molar-refractivity contribution in [1.29, 1.82) is 0 Å². The minimum atomic E-state index is -4.81. The topological polar surface area (TPSA) is 64.6 Å². The van der Waals surface area contributed by atoms with Crippen LogP contribution in [0.15, 0.2) is 54.6 Å². The minimum Gasteiger partial charge on any atom is -0.459 e. The van der Waals surface area contributed by atoms with Crippen molar-refractivity contribution in [2.45, 2.75) is 39.3 Å². The van der Waals surface area contributed by atoms with Gasteiger partial charge in [-0.05, 0) is 29.2 Å². The molecule has 1 atom stereocenters. The van der Waals surface area contributed by atoms with E-state index in [1.54, 1.807) is 13.8 Å². The average Bonchev–Trinajstić information content (AvgIpc) is 2.63. The molecule has 5 nitrogen and oxygen atoms in total. The molecular formula is C21H22F3NO4. The van der Waals surface area contributed by atoms with Gasteiger partial charge in [-0.25, -0.2) is 4.79 Å². The highest BCUT2D eigenvalue weighted by atomic mass is 19.4. The third kappa shape index (κ3) is 7.85. The number of carbonyl (C=O) groups excluding carboxylic acids is 2. The number of ether oxygens (including phenoxy) is 2. The summed E-state index contributed by atoms with van der Waals surface area (Å²) in [7, 11) is 0. The molecule has 0 saturated carbocycles. The van der Waals surface area contributed by atoms with E-state index in [0.29, 0.717) is 5.56 Å². The van der Waals surface area contributed by atoms with Crippen LogP contribution in [0, 0.1) is 5.92 Å². The Morgan fingerprint density at radius 2 is 1.66 bits per heavy atom. The van der Waals surface area contributed by atoms with E-state index in [-0.39, 0.29) is 18.9 Å². The minimum absolute atomic E-state index is 0.0790. The van der Waals surface area contributed by atoms with Crippen LogP contribution in [0.25, 0.3) is 0 Å². The summed E-state index contributed by atoms with van der Waals surface area (Å²) in [4.78, 5) is 24.7. The first kappa shape index (κ1) is 22.3. The van der Waals surface area contributed by atoms with Gasteiger partial charge in [-0.1, -0.05) is 56.3 Å². The average molecular weight is 409 g/mol. The maximum absolute atomic E-state index is 12.4. The number of hydrogen-bond donors (Lipinski definition) is 1. The molecule has 0 radical (unpaired) electrons. The Balaban J connectivity index is 1.95. The Kier molecular flexibility index (Phi) is 7.64. The first-order valence-electron chi connectivity index (χ1n) is 8.98. The lowest BCUT2D eigenvalue weighted by Crippen LogP contribution is -2.45. The fraction of sp³-hybridized carbons (Fsp3) is 0.333. The second-order valence-electron chi connectivity index (χ2n) is 6.75. The second-order valence-corrected chi connectivity index (χ2v) is 6.75. The van der Waals surface area contributed by atoms with Crippen LogP contribution in [0.1, 0.15) is 25.0 Å². The highest BCUT2D eigenvalue weighted by molar-refractivity contribution is 5.85. The van der Waals surface area contributed by atoms with Gasteiger partial charge in [0.1, 0.15) is 18.4 Å². The van der Waals surface area contributed by atoms with Gasteiger partial charge in [0.05, 0.1) is 6.42 Å². The standard InChI is InChI=1S/C21H22F3NO4/c1-14(2)19(20(27)28-13-15-7-4-3-5-8-15)25-18(26)12-16-9-6-10-17(11-16)29-21(22,23)24/h3-11,14,19H,12-13H2,1-2H3,(H,25,26). The molecule has 1 amide bonds. The molecule has 2 rings (SSSR count). The van der Waals surface area contributed by atoms with E-state index in [4.69, 9.17) is 4.74 Å². The van der Waals surface area contributed by atoms with Crippen molar-refractivity contribution in [3.8, 4) is 5.75 Å². The molecule has 156 valence electrons. The Morgan fingerprint density at radius 3 is 2.28 bits per heavy atom. The predicted octanol–water partition coefficient (Wildman–Crippen LogP) is 4.01. The molecule has 0 bridgehead atoms. The van der Waals surface area contributed by atoms with E-state index in [0.717, 1.165) is 17.7 Å². The monoisotopic (exact) mass is 409 g/mol. The van der Waals surface area contributed by atoms with Gasteiger partial charge in [-0.15, -0.1) is 13.2 Å². The molecule has 8 heteroatoms. The van der Waals surface area contributed by atoms with Crippen LogP contribution in [-0.2, 0) is 27.4 Å². The van der Waals surface area contributed by atoms with E-state index in [2.05, 4.69) is 10.1 Å². The first-order chi connectivity index (χ1) is 13.6. The molecule has 0 aromatic heterocycles. The van der Waals surface area contributed by atoms with Gasteiger partial charge < -0.3 is 14.8 Å². The van der Waals surface area contributed by atoms with Gasteiger partial charge in [-0.2, -0.15) is 0 Å². The summed E-state index contributed by atoms with van der Waals surface area (Å²) < 4.78 is 46.1. The number of rotatable bonds is 8. The van der Waals surface area contributed by atoms with E-state index in [1.165, 1.54) is 12.1 Å². The maximum Gasteiger partial charge on any atom is 0.573 e. The van der Waals surface area contributed by atoms with Crippen LogP contribution in [0.4, 0.5) is 13.2 Å². The van der Waals surface area contributed by atoms with Crippen molar-refractivity contribution in [3.63, 3.8) is 0 Å². The van der Waals surface area contributed by atoms with Gasteiger partial charge in [0.2, 0.25) is 5.91 Å². The lowest BCUT2D eigenvalue weighted by molar-refractivity contribution is -0.274. The SMILES string of the molecule is CC(C)C(NC(=O)Cc1cccc(OC(F)(F)F)c1)C(=O)OCc1ccccc1. The molecule has 0 saturated heterocycles. The van der Waals surface area contributed by atoms with Crippen molar-refractivity contribution >= 4 is 11.9 Å². The van der Waals surface area contributed by atoms with Gasteiger partial charge in [0.15, 0.2) is 0 Å². The molecule has 0 aliphatic heterocycles. The summed E-state index contributed by atoms with van der Waals surface area (Å²) in [5, 5.41) is 2.59. The molecule has 0 fully saturated rings. The summed E-state index contributed by atoms with van der Waals surface area (Å²) in [6.07, 6.45) is -5.02. The number of amides is 1. The number of nitrogens with one attached hydrogen (secondary N) is 1. The molecular weight excluding hydrogens is 387 g/mol. The number of alkyl halides is 3. The summed E-state index contributed by atoms with van der Waals surface area (Å²) in [5.41, 5.74) is 1.14. The largest absolute Gasteiger partial charge is 0.573 e. The molecule has 0 aliphatic carbocycles. The fourth-order valence-electron chi connectivity index (χ4n) is 2.58. The Bertz CT molecular complexity index is 822. The van der Waals surface area contributed by atoms with Crippen molar-refractivity contribution in [1.82, 2.24) is 5.32 Å². The van der Waals surface area contributed by atoms with Crippen LogP contribution >= 0.6 is 0 Å². The number of carbonyl (C=O) groups is 2. The van der Waals surface area contributed by atoms with Crippen LogP contribution < -0.4 is 10.1 Å². The molecule has 0 heterocycles. The van der Waals surface area contributed by atoms with Gasteiger partial charge in [0, 0.05) is 0 Å². The van der Waals surface area contributed by atoms with Gasteiger partial charge in [0.25, 0.3) is 0 Å². The molecule has 1 N–H and O–H groups in total. The van der Waals surface area contributed by atoms with Crippen LogP contribution in [0.3, 0.4) is 0 Å². The molecule has 0 aliphatic rings. The lowest BCUT2D eigenvalue weighted by Gasteiger charge is -2.21. The fourth-order valence-corrected chi connectivity index (χ4v) is 2.58. The number of esters is 1. The second kappa shape index (κ2) is 9.95. The zero-order chi connectivity index (χ0) is 21.4. The third-order valence-corrected chi connectivity index (χ3v) is 3.96. The highest BCUT2D eigenvalue weighted by Gasteiger charge is 2.31. The smallest absolute Gasteiger partial charge is 0.459 e. The highest BCUT2D eigenvalue weighted by Crippen LogP contribution is 2.23. The molecule has 29 heavy (non-hydrogen) atoms. The van der Waals surface area contributed by atoms with E-state index in [1.807, 2.05) is 30.3 Å². The van der Waals surface area contributed by atoms with Gasteiger partial charge >= 0.3 is 12.3 Å². The Hall–Kier alpha value is -3.03. The van der Waals surface area contributed by atoms with Crippen LogP contribution in [0.5, 0.6) is 5.75 Å². The van der Waals surface area contributed by atoms with E-state index in [9.17, 15) is 22.8 Å². The normalized spacial score (nSPS) is 12.3. The van der Waals surface area contributed by atoms with Gasteiger partial charge in [-0.3, -0.25) is 4.79 Å². The number of hydrogen-bond acceptors (Lipinski definition) is 4. The molecule has 0 spiro atoms. The summed E-state index contributed by atoms with van der Waals surface area (Å²) in [5.74, 6) is -1.73. The summed E-state index contributed by atoms with van der Waals surface area (Å²) in [6.45, 7) is 3.59. The quantitative estimate of drug-likeness (QED) is 0.669. The van der Waals surface area contributed by atoms with Crippen molar-refractivity contribution in [2.75, 3.05) is 0 Å². The van der Waals surface area contributed by atoms with E-state index < -0.39 is 30.0 Å². The zero-order valence-corrected chi connectivity index (χ0v) is 16.0. The van der Waals surface area contributed by atoms with Crippen molar-refractivity contribution in [3.05, 3.63) is 65.7 Å². The van der Waals surface area contributed by atoms with E-state index >= 15 is 0 Å².